The van der Waals surface area contributed by atoms with E-state index in [1.54, 1.807) is 0 Å². The Bertz CT molecular complexity index is 541. The number of nitrogens with one attached hydrogen (secondary N) is 2. The Labute approximate surface area is 131 Å². The fourth-order valence-corrected chi connectivity index (χ4v) is 3.37. The van der Waals surface area contributed by atoms with Crippen molar-refractivity contribution >= 4 is 11.8 Å². The van der Waals surface area contributed by atoms with Crippen molar-refractivity contribution in [3.8, 4) is 0 Å². The first-order valence-corrected chi connectivity index (χ1v) is 8.07. The number of hydrogen-bond donors (Lipinski definition) is 2. The van der Waals surface area contributed by atoms with Gasteiger partial charge in [-0.2, -0.15) is 0 Å². The molecule has 2 aliphatic heterocycles. The predicted molar refractivity (Wildman–Crippen MR) is 84.8 cm³/mol. The molecule has 122 valence electrons. The number of rotatable bonds is 3. The SMILES string of the molecule is CC(C)(C)c1cc(NC(=O)CN2CCC3(CCNC3)C2)on1. The highest BCUT2D eigenvalue weighted by atomic mass is 16.5. The van der Waals surface area contributed by atoms with Gasteiger partial charge in [0.15, 0.2) is 0 Å². The number of anilines is 1. The standard InChI is InChI=1S/C16H26N4O2/c1-15(2,3)12-8-14(22-19-12)18-13(21)9-20-7-5-16(11-20)4-6-17-10-16/h8,17H,4-7,9-11H2,1-3H3,(H,18,21). The summed E-state index contributed by atoms with van der Waals surface area (Å²) in [6.07, 6.45) is 2.41. The first kappa shape index (κ1) is 15.5. The van der Waals surface area contributed by atoms with Gasteiger partial charge in [0, 0.05) is 24.6 Å². The van der Waals surface area contributed by atoms with E-state index in [0.29, 0.717) is 17.8 Å². The third-order valence-electron chi connectivity index (χ3n) is 4.76. The number of carbonyl (C=O) groups is 1. The number of aromatic nitrogens is 1. The Morgan fingerprint density at radius 3 is 2.95 bits per heavy atom. The van der Waals surface area contributed by atoms with E-state index in [1.807, 2.05) is 6.07 Å². The van der Waals surface area contributed by atoms with Gasteiger partial charge in [-0.3, -0.25) is 15.0 Å². The Balaban J connectivity index is 1.52. The number of nitrogens with zero attached hydrogens (tertiary/aromatic N) is 2. The maximum absolute atomic E-state index is 12.2. The second-order valence-corrected chi connectivity index (χ2v) is 7.76. The Kier molecular flexibility index (Phi) is 3.99. The van der Waals surface area contributed by atoms with Gasteiger partial charge in [-0.15, -0.1) is 0 Å². The Morgan fingerprint density at radius 1 is 1.50 bits per heavy atom. The summed E-state index contributed by atoms with van der Waals surface area (Å²) in [7, 11) is 0. The van der Waals surface area contributed by atoms with Crippen LogP contribution in [0.3, 0.4) is 0 Å². The lowest BCUT2D eigenvalue weighted by molar-refractivity contribution is -0.117. The van der Waals surface area contributed by atoms with E-state index < -0.39 is 0 Å². The minimum absolute atomic E-state index is 0.0281. The van der Waals surface area contributed by atoms with Crippen LogP contribution in [0.4, 0.5) is 5.88 Å². The highest BCUT2D eigenvalue weighted by Gasteiger charge is 2.40. The molecule has 6 heteroatoms. The van der Waals surface area contributed by atoms with Crippen molar-refractivity contribution in [1.82, 2.24) is 15.4 Å². The van der Waals surface area contributed by atoms with Gasteiger partial charge >= 0.3 is 0 Å². The van der Waals surface area contributed by atoms with Gasteiger partial charge in [0.2, 0.25) is 11.8 Å². The van der Waals surface area contributed by atoms with E-state index >= 15 is 0 Å². The lowest BCUT2D eigenvalue weighted by Crippen LogP contribution is -2.34. The smallest absolute Gasteiger partial charge is 0.240 e. The van der Waals surface area contributed by atoms with Gasteiger partial charge in [0.1, 0.15) is 0 Å². The Morgan fingerprint density at radius 2 is 2.32 bits per heavy atom. The van der Waals surface area contributed by atoms with Crippen LogP contribution in [-0.4, -0.2) is 48.7 Å². The monoisotopic (exact) mass is 306 g/mol. The molecule has 0 aromatic carbocycles. The zero-order valence-corrected chi connectivity index (χ0v) is 13.7. The third-order valence-corrected chi connectivity index (χ3v) is 4.76. The summed E-state index contributed by atoms with van der Waals surface area (Å²) in [5, 5.41) is 10.3. The molecular weight excluding hydrogens is 280 g/mol. The van der Waals surface area contributed by atoms with E-state index in [4.69, 9.17) is 4.52 Å². The van der Waals surface area contributed by atoms with Crippen LogP contribution in [0, 0.1) is 5.41 Å². The molecule has 1 spiro atoms. The van der Waals surface area contributed by atoms with E-state index in [2.05, 4.69) is 41.5 Å². The largest absolute Gasteiger partial charge is 0.338 e. The summed E-state index contributed by atoms with van der Waals surface area (Å²) in [6, 6.07) is 1.81. The van der Waals surface area contributed by atoms with Crippen molar-refractivity contribution < 1.29 is 9.32 Å². The van der Waals surface area contributed by atoms with Crippen molar-refractivity contribution in [3.63, 3.8) is 0 Å². The van der Waals surface area contributed by atoms with Crippen molar-refractivity contribution in [2.24, 2.45) is 5.41 Å². The molecular formula is C16H26N4O2. The van der Waals surface area contributed by atoms with Crippen LogP contribution in [0.5, 0.6) is 0 Å². The molecule has 1 aromatic heterocycles. The van der Waals surface area contributed by atoms with Crippen LogP contribution in [-0.2, 0) is 10.2 Å². The molecule has 0 radical (unpaired) electrons. The van der Waals surface area contributed by atoms with Crippen LogP contribution in [0.1, 0.15) is 39.3 Å². The van der Waals surface area contributed by atoms with Gasteiger partial charge in [0.25, 0.3) is 0 Å². The van der Waals surface area contributed by atoms with E-state index in [1.165, 1.54) is 12.8 Å². The second kappa shape index (κ2) is 5.66. The first-order valence-electron chi connectivity index (χ1n) is 8.07. The molecule has 1 unspecified atom stereocenters. The maximum atomic E-state index is 12.2. The summed E-state index contributed by atoms with van der Waals surface area (Å²) in [5.74, 6) is 0.408. The van der Waals surface area contributed by atoms with Crippen LogP contribution in [0.25, 0.3) is 0 Å². The van der Waals surface area contributed by atoms with E-state index in [-0.39, 0.29) is 11.3 Å². The molecule has 3 heterocycles. The third kappa shape index (κ3) is 3.33. The van der Waals surface area contributed by atoms with Crippen molar-refractivity contribution in [2.45, 2.75) is 39.0 Å². The Hall–Kier alpha value is -1.40. The average molecular weight is 306 g/mol. The number of carbonyl (C=O) groups excluding carboxylic acids is 1. The maximum Gasteiger partial charge on any atom is 0.240 e. The molecule has 1 aromatic rings. The minimum Gasteiger partial charge on any atom is -0.338 e. The second-order valence-electron chi connectivity index (χ2n) is 7.76. The molecule has 3 rings (SSSR count). The predicted octanol–water partition coefficient (Wildman–Crippen LogP) is 1.60. The number of likely N-dealkylation sites (tertiary alicyclic amines) is 1. The lowest BCUT2D eigenvalue weighted by Gasteiger charge is -2.22. The lowest BCUT2D eigenvalue weighted by atomic mass is 9.87. The fraction of sp³-hybridized carbons (Fsp3) is 0.750. The molecule has 2 saturated heterocycles. The van der Waals surface area contributed by atoms with E-state index in [9.17, 15) is 4.79 Å². The highest BCUT2D eigenvalue weighted by molar-refractivity contribution is 5.91. The highest BCUT2D eigenvalue weighted by Crippen LogP contribution is 2.35. The molecule has 1 atom stereocenters. The van der Waals surface area contributed by atoms with Gasteiger partial charge in [0.05, 0.1) is 12.2 Å². The summed E-state index contributed by atoms with van der Waals surface area (Å²) < 4.78 is 5.21. The van der Waals surface area contributed by atoms with Gasteiger partial charge in [-0.25, -0.2) is 0 Å². The molecule has 6 nitrogen and oxygen atoms in total. The molecule has 0 aliphatic carbocycles. The summed E-state index contributed by atoms with van der Waals surface area (Å²) in [6.45, 7) is 10.8. The van der Waals surface area contributed by atoms with Crippen molar-refractivity contribution in [1.29, 1.82) is 0 Å². The van der Waals surface area contributed by atoms with Crippen LogP contribution in [0.2, 0.25) is 0 Å². The van der Waals surface area contributed by atoms with Crippen LogP contribution in [0.15, 0.2) is 10.6 Å². The molecule has 1 amide bonds. The van der Waals surface area contributed by atoms with Crippen molar-refractivity contribution in [3.05, 3.63) is 11.8 Å². The topological polar surface area (TPSA) is 70.4 Å². The van der Waals surface area contributed by atoms with Gasteiger partial charge in [-0.05, 0) is 31.3 Å². The molecule has 0 saturated carbocycles. The number of amides is 1. The van der Waals surface area contributed by atoms with Crippen LogP contribution >= 0.6 is 0 Å². The average Bonchev–Trinajstić information content (AvgIpc) is 3.12. The minimum atomic E-state index is -0.0801. The molecule has 22 heavy (non-hydrogen) atoms. The first-order chi connectivity index (χ1) is 10.4. The molecule has 2 N–H and O–H groups in total. The number of hydrogen-bond acceptors (Lipinski definition) is 5. The fourth-order valence-electron chi connectivity index (χ4n) is 3.37. The quantitative estimate of drug-likeness (QED) is 0.887. The van der Waals surface area contributed by atoms with Crippen LogP contribution < -0.4 is 10.6 Å². The van der Waals surface area contributed by atoms with E-state index in [0.717, 1.165) is 31.9 Å². The summed E-state index contributed by atoms with van der Waals surface area (Å²) in [5.41, 5.74) is 1.16. The molecule has 2 fully saturated rings. The molecule has 0 bridgehead atoms. The normalized spacial score (nSPS) is 26.0. The zero-order chi connectivity index (χ0) is 15.8. The summed E-state index contributed by atoms with van der Waals surface area (Å²) in [4.78, 5) is 14.4. The van der Waals surface area contributed by atoms with Gasteiger partial charge < -0.3 is 9.84 Å². The zero-order valence-electron chi connectivity index (χ0n) is 13.7. The van der Waals surface area contributed by atoms with Crippen molar-refractivity contribution in [2.75, 3.05) is 38.0 Å². The summed E-state index contributed by atoms with van der Waals surface area (Å²) >= 11 is 0. The molecule has 2 aliphatic rings. The van der Waals surface area contributed by atoms with Gasteiger partial charge in [-0.1, -0.05) is 25.9 Å².